The summed E-state index contributed by atoms with van der Waals surface area (Å²) in [6.45, 7) is 1.61. The second kappa shape index (κ2) is 38.3. The van der Waals surface area contributed by atoms with E-state index in [-0.39, 0.29) is 0 Å². The molecule has 8 aromatic rings. The summed E-state index contributed by atoms with van der Waals surface area (Å²) in [6, 6.07) is 50.6. The minimum Gasteiger partial charge on any atom is -0.431 e. The average Bonchev–Trinajstić information content (AvgIpc) is 0.724. The van der Waals surface area contributed by atoms with Crippen LogP contribution in [0.2, 0.25) is 0 Å². The molecular formula is C92H108O8P4S4. The zero-order chi connectivity index (χ0) is 74.8. The number of benzene rings is 8. The quantitative estimate of drug-likeness (QED) is 0.0209. The average molecular weight is 1590 g/mol. The molecule has 4 aliphatic heterocycles. The molecule has 0 fully saturated rings. The van der Waals surface area contributed by atoms with Crippen molar-refractivity contribution in [2.75, 3.05) is 0 Å². The van der Waals surface area contributed by atoms with Crippen LogP contribution in [0.4, 0.5) is 0 Å². The van der Waals surface area contributed by atoms with Gasteiger partial charge in [0.2, 0.25) is 0 Å². The van der Waals surface area contributed by atoms with Gasteiger partial charge in [0.15, 0.2) is 0 Å². The monoisotopic (exact) mass is 1590 g/mol. The van der Waals surface area contributed by atoms with Crippen LogP contribution in [-0.2, 0) is 98.6 Å². The van der Waals surface area contributed by atoms with E-state index in [1.54, 1.807) is 0 Å². The number of allylic oxidation sites excluding steroid dienone is 4. The number of unbranched alkanes of at least 4 members (excludes halogenated alkanes) is 24. The van der Waals surface area contributed by atoms with Crippen LogP contribution in [0.25, 0.3) is 0 Å². The lowest BCUT2D eigenvalue weighted by Crippen LogP contribution is -2.24. The highest BCUT2D eigenvalue weighted by molar-refractivity contribution is 8.15. The molecule has 108 heavy (non-hydrogen) atoms. The fourth-order valence-electron chi connectivity index (χ4n) is 16.1. The van der Waals surface area contributed by atoms with E-state index in [1.165, 1.54) is 0 Å². The van der Waals surface area contributed by atoms with E-state index in [4.69, 9.17) is 83.4 Å². The minimum absolute atomic E-state index is 0.464. The Morgan fingerprint density at radius 2 is 0.389 bits per heavy atom. The van der Waals surface area contributed by atoms with Crippen molar-refractivity contribution in [2.24, 2.45) is 0 Å². The molecule has 0 amide bonds. The molecule has 0 radical (unpaired) electrons. The Morgan fingerprint density at radius 1 is 0.231 bits per heavy atom. The Labute approximate surface area is 665 Å². The highest BCUT2D eigenvalue weighted by Gasteiger charge is 2.44. The van der Waals surface area contributed by atoms with Gasteiger partial charge in [-0.15, -0.1) is 26.3 Å². The second-order valence-corrected chi connectivity index (χ2v) is 43.2. The zero-order valence-electron chi connectivity index (χ0n) is 63.1. The van der Waals surface area contributed by atoms with Gasteiger partial charge in [0, 0.05) is 47.9 Å². The van der Waals surface area contributed by atoms with E-state index < -0.39 is 26.0 Å². The summed E-state index contributed by atoms with van der Waals surface area (Å²) in [5.74, 6) is 5.63. The molecule has 0 atom stereocenters. The van der Waals surface area contributed by atoms with Crippen molar-refractivity contribution in [2.45, 2.75) is 231 Å². The van der Waals surface area contributed by atoms with Gasteiger partial charge in [-0.2, -0.15) is 0 Å². The molecule has 1 aliphatic carbocycles. The van der Waals surface area contributed by atoms with Crippen molar-refractivity contribution < 1.29 is 36.2 Å². The zero-order valence-corrected chi connectivity index (χ0v) is 70.0. The fraction of sp³-hybridized carbons (Fsp3) is 0.391. The Morgan fingerprint density at radius 3 is 0.556 bits per heavy atom. The molecule has 8 bridgehead atoms. The van der Waals surface area contributed by atoms with Crippen molar-refractivity contribution in [1.82, 2.24) is 0 Å². The molecule has 13 rings (SSSR count). The molecule has 16 heteroatoms. The van der Waals surface area contributed by atoms with Crippen molar-refractivity contribution in [1.29, 1.82) is 0 Å². The maximum atomic E-state index is 7.94. The fourth-order valence-corrected chi connectivity index (χ4v) is 26.2. The molecule has 8 aromatic carbocycles. The van der Waals surface area contributed by atoms with E-state index in [2.05, 4.69) is 99.1 Å². The van der Waals surface area contributed by atoms with Crippen molar-refractivity contribution >= 4 is 94.4 Å². The van der Waals surface area contributed by atoms with Gasteiger partial charge in [0.05, 0.1) is 21.2 Å². The molecule has 0 aromatic heterocycles. The van der Waals surface area contributed by atoms with Gasteiger partial charge in [-0.25, -0.2) is 0 Å². The molecular weight excluding hydrogens is 1490 g/mol. The molecule has 5 aliphatic rings. The van der Waals surface area contributed by atoms with E-state index in [9.17, 15) is 0 Å². The third-order valence-electron chi connectivity index (χ3n) is 21.8. The van der Waals surface area contributed by atoms with Gasteiger partial charge in [-0.3, -0.25) is 0 Å². The Balaban J connectivity index is 1.12. The highest BCUT2D eigenvalue weighted by Crippen LogP contribution is 2.65. The van der Waals surface area contributed by atoms with Crippen molar-refractivity contribution in [3.8, 4) is 46.0 Å². The lowest BCUT2D eigenvalue weighted by Gasteiger charge is -2.38. The first kappa shape index (κ1) is 79.8. The van der Waals surface area contributed by atoms with Crippen LogP contribution in [-0.4, -0.2) is 0 Å². The van der Waals surface area contributed by atoms with E-state index >= 15 is 0 Å². The van der Waals surface area contributed by atoms with Gasteiger partial charge in [0.25, 0.3) is 0 Å². The van der Waals surface area contributed by atoms with Crippen molar-refractivity contribution in [3.05, 3.63) is 263 Å². The molecule has 0 saturated heterocycles. The summed E-state index contributed by atoms with van der Waals surface area (Å²) in [5.41, 5.74) is 11.9. The Hall–Kier alpha value is -6.28. The largest absolute Gasteiger partial charge is 0.431 e. The normalized spacial score (nSPS) is 19.0. The standard InChI is InChI=1S/C92H108O8P4S4/c1-5-9-13-17-21-25-29-45-57-81-85-69-61-70-66-72-63-74-68-76-64-75-67-73-62-71(65-69)87(95-101(105,93-85)77-49-37-33-38-50-77)82(58-46-30-26-22-18-14-10-6-2)89(73)97-103(107,79-53-41-35-42-54-79)99-91(75)84(60-48-32-28-24-20-16-12-8-4)92(76)100-104(108,80-55-43-36-44-56-80)98-90(74)83(59-47-31-27-23-19-15-11-7-3)88(72)96-102(106,94-86(70)81)78-51-39-34-40-52-78/h5-8,33-44,49-56,61-64H,1-4,9-32,45-48,57-60,65-68H2. The predicted octanol–water partition coefficient (Wildman–Crippen LogP) is 25.8. The lowest BCUT2D eigenvalue weighted by molar-refractivity contribution is 0.443. The van der Waals surface area contributed by atoms with Crippen LogP contribution < -0.4 is 57.4 Å². The van der Waals surface area contributed by atoms with Gasteiger partial charge < -0.3 is 36.2 Å². The molecule has 4 heterocycles. The van der Waals surface area contributed by atoms with Gasteiger partial charge >= 0.3 is 26.0 Å². The smallest absolute Gasteiger partial charge is 0.319 e. The van der Waals surface area contributed by atoms with Crippen LogP contribution in [0.1, 0.15) is 247 Å². The molecule has 0 spiro atoms. The maximum Gasteiger partial charge on any atom is 0.319 e. The molecule has 0 N–H and O–H groups in total. The Kier molecular flexibility index (Phi) is 28.3. The van der Waals surface area contributed by atoms with Crippen LogP contribution in [0, 0.1) is 0 Å². The Bertz CT molecular complexity index is 3950. The minimum atomic E-state index is -3.61. The van der Waals surface area contributed by atoms with Gasteiger partial charge in [-0.1, -0.05) is 200 Å². The topological polar surface area (TPSA) is 73.8 Å². The first-order valence-electron chi connectivity index (χ1n) is 40.2. The maximum absolute atomic E-state index is 7.94. The molecule has 8 nitrogen and oxygen atoms in total. The molecule has 0 unspecified atom stereocenters. The second-order valence-electron chi connectivity index (χ2n) is 29.9. The van der Waals surface area contributed by atoms with E-state index in [0.717, 1.165) is 268 Å². The summed E-state index contributed by atoms with van der Waals surface area (Å²) < 4.78 is 63.5. The third-order valence-corrected chi connectivity index (χ3v) is 33.2. The number of rotatable bonds is 40. The number of hydrogen-bond acceptors (Lipinski definition) is 12. The summed E-state index contributed by atoms with van der Waals surface area (Å²) in [5, 5.41) is 3.19. The summed E-state index contributed by atoms with van der Waals surface area (Å²) in [6.07, 6.45) is 42.4. The van der Waals surface area contributed by atoms with E-state index in [1.807, 2.05) is 97.1 Å². The first-order valence-corrected chi connectivity index (χ1v) is 50.7. The van der Waals surface area contributed by atoms with Gasteiger partial charge in [0.1, 0.15) is 46.0 Å². The predicted molar refractivity (Wildman–Crippen MR) is 468 cm³/mol. The van der Waals surface area contributed by atoms with E-state index in [0.29, 0.717) is 97.4 Å². The van der Waals surface area contributed by atoms with Crippen molar-refractivity contribution in [3.63, 3.8) is 0 Å². The number of hydrogen-bond donors (Lipinski definition) is 0. The summed E-state index contributed by atoms with van der Waals surface area (Å²) in [4.78, 5) is 0. The van der Waals surface area contributed by atoms with Crippen LogP contribution in [0.5, 0.6) is 46.0 Å². The molecule has 568 valence electrons. The lowest BCUT2D eigenvalue weighted by atomic mass is 9.86. The van der Waals surface area contributed by atoms with Gasteiger partial charge in [-0.05, 0) is 267 Å². The van der Waals surface area contributed by atoms with Crippen LogP contribution >= 0.6 is 26.0 Å². The third kappa shape index (κ3) is 19.1. The highest BCUT2D eigenvalue weighted by atomic mass is 32.5. The first-order chi connectivity index (χ1) is 52.8. The summed E-state index contributed by atoms with van der Waals surface area (Å²) >= 11 is 29.0. The molecule has 0 saturated carbocycles. The van der Waals surface area contributed by atoms with Crippen LogP contribution in [0.3, 0.4) is 0 Å². The van der Waals surface area contributed by atoms with Crippen LogP contribution in [0.15, 0.2) is 196 Å². The summed E-state index contributed by atoms with van der Waals surface area (Å²) in [7, 11) is 0. The SMILES string of the molecule is C=CCCCCCCCCc1c2c3cc4c1OP(=S)(c1ccccc1)Oc1c(cc5c(c1CCCCCCCCC=C)OP(=S)(c1ccccc1)Oc1c(cc6c(c1CCCCCCCCC=C)OP(=S)(c1ccccc1)Oc1c(cc(c(c1CCCCCCCCC=C)OP(=S)(c1ccccc1)O2)C3)C6)C5)C4.